The van der Waals surface area contributed by atoms with E-state index >= 15 is 0 Å². The topological polar surface area (TPSA) is 40.5 Å². The van der Waals surface area contributed by atoms with Crippen LogP contribution in [0, 0.1) is 0 Å². The van der Waals surface area contributed by atoms with Gasteiger partial charge in [-0.25, -0.2) is 4.79 Å². The lowest BCUT2D eigenvalue weighted by molar-refractivity contribution is -0.131. The van der Waals surface area contributed by atoms with Crippen molar-refractivity contribution in [3.63, 3.8) is 0 Å². The first kappa shape index (κ1) is 14.2. The maximum absolute atomic E-state index is 10.5. The largest absolute Gasteiger partial charge is 0.478 e. The summed E-state index contributed by atoms with van der Waals surface area (Å²) in [6, 6.07) is 15.4. The van der Waals surface area contributed by atoms with Crippen LogP contribution in [-0.2, 0) is 4.79 Å². The summed E-state index contributed by atoms with van der Waals surface area (Å²) in [6.07, 6.45) is 2.55. The third kappa shape index (κ3) is 3.39. The van der Waals surface area contributed by atoms with Gasteiger partial charge in [0, 0.05) is 29.5 Å². The van der Waals surface area contributed by atoms with Crippen molar-refractivity contribution in [1.82, 2.24) is 0 Å². The molecule has 0 heterocycles. The highest BCUT2D eigenvalue weighted by atomic mass is 35.5. The van der Waals surface area contributed by atoms with Crippen molar-refractivity contribution >= 4 is 35.0 Å². The van der Waals surface area contributed by atoms with E-state index in [9.17, 15) is 4.79 Å². The molecule has 0 aliphatic carbocycles. The van der Waals surface area contributed by atoms with Gasteiger partial charge in [0.2, 0.25) is 0 Å². The minimum Gasteiger partial charge on any atom is -0.478 e. The lowest BCUT2D eigenvalue weighted by Gasteiger charge is -2.20. The predicted molar refractivity (Wildman–Crippen MR) is 82.6 cm³/mol. The molecule has 0 saturated heterocycles. The molecule has 0 unspecified atom stereocenters. The number of carboxylic acids is 1. The fourth-order valence-electron chi connectivity index (χ4n) is 1.82. The molecule has 0 fully saturated rings. The molecule has 0 amide bonds. The standard InChI is InChI=1S/C16H14ClNO2/c1-18(13-5-3-2-4-6-13)14-9-7-12(15(17)11-14)8-10-16(19)20/h2-11H,1H3,(H,19,20)/b10-8+. The highest BCUT2D eigenvalue weighted by molar-refractivity contribution is 6.32. The van der Waals surface area contributed by atoms with Crippen LogP contribution in [0.3, 0.4) is 0 Å². The average molecular weight is 288 g/mol. The van der Waals surface area contributed by atoms with Gasteiger partial charge in [0.15, 0.2) is 0 Å². The zero-order chi connectivity index (χ0) is 14.5. The molecular weight excluding hydrogens is 274 g/mol. The van der Waals surface area contributed by atoms with E-state index in [4.69, 9.17) is 16.7 Å². The van der Waals surface area contributed by atoms with Gasteiger partial charge in [-0.1, -0.05) is 35.9 Å². The number of benzene rings is 2. The van der Waals surface area contributed by atoms with E-state index in [0.717, 1.165) is 17.5 Å². The summed E-state index contributed by atoms with van der Waals surface area (Å²) >= 11 is 6.17. The normalized spacial score (nSPS) is 10.7. The second-order valence-corrected chi connectivity index (χ2v) is 4.68. The van der Waals surface area contributed by atoms with Gasteiger partial charge in [-0.15, -0.1) is 0 Å². The van der Waals surface area contributed by atoms with E-state index in [2.05, 4.69) is 0 Å². The summed E-state index contributed by atoms with van der Waals surface area (Å²) in [5.74, 6) is -0.994. The lowest BCUT2D eigenvalue weighted by atomic mass is 10.1. The first-order valence-corrected chi connectivity index (χ1v) is 6.45. The van der Waals surface area contributed by atoms with Crippen molar-refractivity contribution in [3.05, 3.63) is 65.2 Å². The van der Waals surface area contributed by atoms with Gasteiger partial charge in [-0.05, 0) is 35.9 Å². The van der Waals surface area contributed by atoms with Crippen molar-refractivity contribution in [2.45, 2.75) is 0 Å². The maximum Gasteiger partial charge on any atom is 0.328 e. The number of nitrogens with zero attached hydrogens (tertiary/aromatic N) is 1. The Morgan fingerprint density at radius 3 is 2.45 bits per heavy atom. The number of aliphatic carboxylic acids is 1. The zero-order valence-electron chi connectivity index (χ0n) is 11.0. The molecule has 20 heavy (non-hydrogen) atoms. The van der Waals surface area contributed by atoms with Gasteiger partial charge in [0.25, 0.3) is 0 Å². The molecular formula is C16H14ClNO2. The molecule has 3 nitrogen and oxygen atoms in total. The molecule has 2 aromatic carbocycles. The van der Waals surface area contributed by atoms with Crippen molar-refractivity contribution in [2.24, 2.45) is 0 Å². The van der Waals surface area contributed by atoms with Crippen LogP contribution in [0.25, 0.3) is 6.08 Å². The first-order valence-electron chi connectivity index (χ1n) is 6.07. The minimum atomic E-state index is -0.994. The molecule has 0 atom stereocenters. The molecule has 102 valence electrons. The molecule has 0 bridgehead atoms. The smallest absolute Gasteiger partial charge is 0.328 e. The molecule has 1 N–H and O–H groups in total. The number of hydrogen-bond donors (Lipinski definition) is 1. The van der Waals surface area contributed by atoms with E-state index in [1.807, 2.05) is 54.4 Å². The molecule has 4 heteroatoms. The predicted octanol–water partition coefficient (Wildman–Crippen LogP) is 4.21. The minimum absolute atomic E-state index is 0.516. The number of hydrogen-bond acceptors (Lipinski definition) is 2. The molecule has 0 aliphatic heterocycles. The highest BCUT2D eigenvalue weighted by Gasteiger charge is 2.06. The molecule has 0 saturated carbocycles. The Morgan fingerprint density at radius 2 is 1.85 bits per heavy atom. The van der Waals surface area contributed by atoms with E-state index < -0.39 is 5.97 Å². The Balaban J connectivity index is 2.27. The van der Waals surface area contributed by atoms with Crippen LogP contribution in [0.5, 0.6) is 0 Å². The third-order valence-corrected chi connectivity index (χ3v) is 3.25. The van der Waals surface area contributed by atoms with Crippen molar-refractivity contribution < 1.29 is 9.90 Å². The monoisotopic (exact) mass is 287 g/mol. The SMILES string of the molecule is CN(c1ccccc1)c1ccc(/C=C/C(=O)O)c(Cl)c1. The first-order chi connectivity index (χ1) is 9.58. The van der Waals surface area contributed by atoms with Crippen LogP contribution in [0.4, 0.5) is 11.4 Å². The molecule has 0 radical (unpaired) electrons. The number of carboxylic acid groups (broad SMARTS) is 1. The molecule has 0 aliphatic rings. The van der Waals surface area contributed by atoms with Crippen molar-refractivity contribution in [1.29, 1.82) is 0 Å². The Labute approximate surface area is 122 Å². The average Bonchev–Trinajstić information content (AvgIpc) is 2.46. The summed E-state index contributed by atoms with van der Waals surface area (Å²) in [4.78, 5) is 12.5. The van der Waals surface area contributed by atoms with E-state index in [-0.39, 0.29) is 0 Å². The lowest BCUT2D eigenvalue weighted by Crippen LogP contribution is -2.09. The fourth-order valence-corrected chi connectivity index (χ4v) is 2.06. The molecule has 0 aromatic heterocycles. The number of para-hydroxylation sites is 1. The number of rotatable bonds is 4. The van der Waals surface area contributed by atoms with Gasteiger partial charge in [0.1, 0.15) is 0 Å². The third-order valence-electron chi connectivity index (χ3n) is 2.92. The van der Waals surface area contributed by atoms with E-state index in [1.165, 1.54) is 6.08 Å². The van der Waals surface area contributed by atoms with Crippen LogP contribution in [0.15, 0.2) is 54.6 Å². The Morgan fingerprint density at radius 1 is 1.15 bits per heavy atom. The van der Waals surface area contributed by atoms with Gasteiger partial charge in [-0.3, -0.25) is 0 Å². The van der Waals surface area contributed by atoms with Gasteiger partial charge in [-0.2, -0.15) is 0 Å². The van der Waals surface area contributed by atoms with Crippen molar-refractivity contribution in [2.75, 3.05) is 11.9 Å². The molecule has 2 rings (SSSR count). The Bertz CT molecular complexity index is 638. The summed E-state index contributed by atoms with van der Waals surface area (Å²) in [5.41, 5.74) is 2.67. The quantitative estimate of drug-likeness (QED) is 0.857. The summed E-state index contributed by atoms with van der Waals surface area (Å²) in [7, 11) is 1.95. The van der Waals surface area contributed by atoms with Gasteiger partial charge >= 0.3 is 5.97 Å². The summed E-state index contributed by atoms with van der Waals surface area (Å²) in [5, 5.41) is 9.14. The Kier molecular flexibility index (Phi) is 4.43. The van der Waals surface area contributed by atoms with Crippen LogP contribution >= 0.6 is 11.6 Å². The maximum atomic E-state index is 10.5. The van der Waals surface area contributed by atoms with Gasteiger partial charge < -0.3 is 10.0 Å². The van der Waals surface area contributed by atoms with Crippen LogP contribution < -0.4 is 4.90 Å². The molecule has 0 spiro atoms. The number of halogens is 1. The fraction of sp³-hybridized carbons (Fsp3) is 0.0625. The number of carbonyl (C=O) groups is 1. The number of anilines is 2. The van der Waals surface area contributed by atoms with Crippen molar-refractivity contribution in [3.8, 4) is 0 Å². The second-order valence-electron chi connectivity index (χ2n) is 4.27. The highest BCUT2D eigenvalue weighted by Crippen LogP contribution is 2.28. The Hall–Kier alpha value is -2.26. The molecule has 2 aromatic rings. The van der Waals surface area contributed by atoms with Gasteiger partial charge in [0.05, 0.1) is 0 Å². The van der Waals surface area contributed by atoms with Crippen LogP contribution in [-0.4, -0.2) is 18.1 Å². The summed E-state index contributed by atoms with van der Waals surface area (Å²) < 4.78 is 0. The van der Waals surface area contributed by atoms with Crippen LogP contribution in [0.1, 0.15) is 5.56 Å². The van der Waals surface area contributed by atoms with Crippen LogP contribution in [0.2, 0.25) is 5.02 Å². The van der Waals surface area contributed by atoms with E-state index in [1.54, 1.807) is 6.07 Å². The zero-order valence-corrected chi connectivity index (χ0v) is 11.7. The second kappa shape index (κ2) is 6.26. The van der Waals surface area contributed by atoms with E-state index in [0.29, 0.717) is 10.6 Å². The summed E-state index contributed by atoms with van der Waals surface area (Å²) in [6.45, 7) is 0.